The monoisotopic (exact) mass is 259 g/mol. The Hall–Kier alpha value is -1.61. The summed E-state index contributed by atoms with van der Waals surface area (Å²) in [4.78, 5) is 13.8. The Kier molecular flexibility index (Phi) is 5.16. The third-order valence-corrected chi connectivity index (χ3v) is 3.31. The van der Waals surface area contributed by atoms with Crippen molar-refractivity contribution >= 4 is 5.97 Å². The van der Waals surface area contributed by atoms with Crippen LogP contribution in [0, 0.1) is 0 Å². The molecule has 0 radical (unpaired) electrons. The fraction of sp³-hybridized carbons (Fsp3) is 0.438. The second-order valence-corrected chi connectivity index (χ2v) is 4.81. The van der Waals surface area contributed by atoms with Crippen molar-refractivity contribution in [3.8, 4) is 0 Å². The first-order chi connectivity index (χ1) is 9.28. The number of ether oxygens (including phenoxy) is 1. The number of carbonyl (C=O) groups excluding carboxylic acids is 1. The van der Waals surface area contributed by atoms with Crippen LogP contribution in [0.4, 0.5) is 0 Å². The lowest BCUT2D eigenvalue weighted by Gasteiger charge is -2.26. The van der Waals surface area contributed by atoms with Gasteiger partial charge in [-0.3, -0.25) is 9.69 Å². The lowest BCUT2D eigenvalue weighted by molar-refractivity contribution is -0.142. The first kappa shape index (κ1) is 13.8. The van der Waals surface area contributed by atoms with E-state index in [4.69, 9.17) is 4.74 Å². The fourth-order valence-electron chi connectivity index (χ4n) is 2.30. The van der Waals surface area contributed by atoms with Gasteiger partial charge in [0, 0.05) is 19.6 Å². The Morgan fingerprint density at radius 1 is 1.32 bits per heavy atom. The predicted molar refractivity (Wildman–Crippen MR) is 75.7 cm³/mol. The normalized spacial score (nSPS) is 15.9. The maximum absolute atomic E-state index is 11.4. The maximum Gasteiger partial charge on any atom is 0.309 e. The summed E-state index contributed by atoms with van der Waals surface area (Å²) in [6, 6.07) is 10.5. The molecule has 0 spiro atoms. The highest BCUT2D eigenvalue weighted by Crippen LogP contribution is 2.16. The molecule has 0 bridgehead atoms. The molecule has 0 aromatic heterocycles. The van der Waals surface area contributed by atoms with Gasteiger partial charge in [-0.2, -0.15) is 0 Å². The summed E-state index contributed by atoms with van der Waals surface area (Å²) in [5, 5.41) is 0. The van der Waals surface area contributed by atoms with Crippen molar-refractivity contribution in [1.82, 2.24) is 4.90 Å². The summed E-state index contributed by atoms with van der Waals surface area (Å²) < 4.78 is 4.97. The lowest BCUT2D eigenvalue weighted by Crippen LogP contribution is -2.28. The van der Waals surface area contributed by atoms with Gasteiger partial charge in [-0.1, -0.05) is 42.0 Å². The zero-order valence-electron chi connectivity index (χ0n) is 11.5. The smallest absolute Gasteiger partial charge is 0.309 e. The molecule has 0 amide bonds. The molecule has 1 aliphatic heterocycles. The molecule has 1 heterocycles. The van der Waals surface area contributed by atoms with Crippen LogP contribution < -0.4 is 0 Å². The molecule has 0 aliphatic carbocycles. The topological polar surface area (TPSA) is 29.5 Å². The molecule has 0 saturated carbocycles. The molecule has 2 rings (SSSR count). The van der Waals surface area contributed by atoms with Crippen LogP contribution in [-0.4, -0.2) is 30.6 Å². The number of esters is 1. The Balaban J connectivity index is 1.81. The Morgan fingerprint density at radius 3 is 2.74 bits per heavy atom. The maximum atomic E-state index is 11.4. The molecule has 0 atom stereocenters. The van der Waals surface area contributed by atoms with Crippen molar-refractivity contribution in [2.24, 2.45) is 0 Å². The van der Waals surface area contributed by atoms with Crippen LogP contribution in [0.25, 0.3) is 0 Å². The van der Waals surface area contributed by atoms with Gasteiger partial charge in [-0.25, -0.2) is 0 Å². The summed E-state index contributed by atoms with van der Waals surface area (Å²) in [6.45, 7) is 5.22. The zero-order chi connectivity index (χ0) is 13.5. The average Bonchev–Trinajstić information content (AvgIpc) is 2.42. The number of hydrogen-bond donors (Lipinski definition) is 0. The minimum Gasteiger partial charge on any atom is -0.466 e. The van der Waals surface area contributed by atoms with Crippen molar-refractivity contribution in [2.75, 3.05) is 19.7 Å². The van der Waals surface area contributed by atoms with Crippen molar-refractivity contribution in [3.05, 3.63) is 47.5 Å². The van der Waals surface area contributed by atoms with Crippen LogP contribution >= 0.6 is 0 Å². The molecule has 102 valence electrons. The minimum absolute atomic E-state index is 0.106. The molecule has 0 saturated heterocycles. The molecule has 1 aliphatic rings. The van der Waals surface area contributed by atoms with Crippen molar-refractivity contribution in [2.45, 2.75) is 26.3 Å². The van der Waals surface area contributed by atoms with Crippen molar-refractivity contribution < 1.29 is 9.53 Å². The van der Waals surface area contributed by atoms with E-state index in [1.165, 1.54) is 11.1 Å². The van der Waals surface area contributed by atoms with Crippen molar-refractivity contribution in [1.29, 1.82) is 0 Å². The van der Waals surface area contributed by atoms with Crippen LogP contribution in [0.15, 0.2) is 42.0 Å². The molecule has 19 heavy (non-hydrogen) atoms. The Morgan fingerprint density at radius 2 is 2.11 bits per heavy atom. The summed E-state index contributed by atoms with van der Waals surface area (Å²) in [6.07, 6.45) is 3.59. The fourth-order valence-corrected chi connectivity index (χ4v) is 2.30. The third-order valence-electron chi connectivity index (χ3n) is 3.31. The van der Waals surface area contributed by atoms with Gasteiger partial charge in [0.1, 0.15) is 0 Å². The van der Waals surface area contributed by atoms with Crippen LogP contribution in [0.1, 0.15) is 25.3 Å². The highest BCUT2D eigenvalue weighted by molar-refractivity contribution is 5.72. The molecule has 3 nitrogen and oxygen atoms in total. The van der Waals surface area contributed by atoms with Gasteiger partial charge in [0.25, 0.3) is 0 Å². The number of nitrogens with zero attached hydrogens (tertiary/aromatic N) is 1. The number of carbonyl (C=O) groups is 1. The number of rotatable bonds is 5. The lowest BCUT2D eigenvalue weighted by atomic mass is 10.0. The molecular formula is C16H21NO2. The predicted octanol–water partition coefficient (Wildman–Crippen LogP) is 2.77. The highest BCUT2D eigenvalue weighted by Gasteiger charge is 2.14. The molecule has 1 aromatic rings. The summed E-state index contributed by atoms with van der Waals surface area (Å²) >= 11 is 0. The van der Waals surface area contributed by atoms with E-state index in [0.29, 0.717) is 13.0 Å². The molecule has 1 aromatic carbocycles. The van der Waals surface area contributed by atoms with E-state index in [1.807, 2.05) is 13.0 Å². The van der Waals surface area contributed by atoms with E-state index >= 15 is 0 Å². The van der Waals surface area contributed by atoms with Gasteiger partial charge in [-0.15, -0.1) is 0 Å². The molecule has 0 fully saturated rings. The van der Waals surface area contributed by atoms with Crippen LogP contribution in [0.2, 0.25) is 0 Å². The molecular weight excluding hydrogens is 238 g/mol. The largest absolute Gasteiger partial charge is 0.466 e. The van der Waals surface area contributed by atoms with E-state index in [0.717, 1.165) is 26.1 Å². The average molecular weight is 259 g/mol. The zero-order valence-corrected chi connectivity index (χ0v) is 11.5. The first-order valence-corrected chi connectivity index (χ1v) is 6.87. The summed E-state index contributed by atoms with van der Waals surface area (Å²) in [7, 11) is 0. The van der Waals surface area contributed by atoms with E-state index < -0.39 is 0 Å². The summed E-state index contributed by atoms with van der Waals surface area (Å²) in [5.74, 6) is -0.106. The summed E-state index contributed by atoms with van der Waals surface area (Å²) in [5.41, 5.74) is 2.55. The van der Waals surface area contributed by atoms with E-state index in [1.54, 1.807) is 0 Å². The van der Waals surface area contributed by atoms with E-state index in [-0.39, 0.29) is 5.97 Å². The quantitative estimate of drug-likeness (QED) is 0.601. The van der Waals surface area contributed by atoms with Crippen molar-refractivity contribution in [3.63, 3.8) is 0 Å². The van der Waals surface area contributed by atoms with Gasteiger partial charge in [-0.05, 0) is 18.9 Å². The highest BCUT2D eigenvalue weighted by atomic mass is 16.5. The Labute approximate surface area is 114 Å². The number of hydrogen-bond acceptors (Lipinski definition) is 3. The minimum atomic E-state index is -0.106. The Bertz CT molecular complexity index is 439. The van der Waals surface area contributed by atoms with Gasteiger partial charge in [0.2, 0.25) is 0 Å². The molecule has 3 heteroatoms. The van der Waals surface area contributed by atoms with E-state index in [9.17, 15) is 4.79 Å². The number of benzene rings is 1. The van der Waals surface area contributed by atoms with Gasteiger partial charge < -0.3 is 4.74 Å². The van der Waals surface area contributed by atoms with Crippen LogP contribution in [-0.2, 0) is 16.1 Å². The molecule has 0 unspecified atom stereocenters. The van der Waals surface area contributed by atoms with Gasteiger partial charge in [0.15, 0.2) is 0 Å². The van der Waals surface area contributed by atoms with Crippen LogP contribution in [0.3, 0.4) is 0 Å². The first-order valence-electron chi connectivity index (χ1n) is 6.87. The molecule has 0 N–H and O–H groups in total. The second kappa shape index (κ2) is 7.10. The van der Waals surface area contributed by atoms with Gasteiger partial charge in [0.05, 0.1) is 13.0 Å². The third kappa shape index (κ3) is 4.52. The van der Waals surface area contributed by atoms with Gasteiger partial charge >= 0.3 is 5.97 Å². The standard InChI is InChI=1S/C16H21NO2/c1-2-19-16(18)12-14-8-10-17(11-9-14)13-15-6-4-3-5-7-15/h3-8H,2,9-13H2,1H3. The van der Waals surface area contributed by atoms with Crippen LogP contribution in [0.5, 0.6) is 0 Å². The second-order valence-electron chi connectivity index (χ2n) is 4.81. The SMILES string of the molecule is CCOC(=O)CC1=CCN(Cc2ccccc2)CC1. The van der Waals surface area contributed by atoms with E-state index in [2.05, 4.69) is 35.2 Å².